The number of phenols is 2. The van der Waals surface area contributed by atoms with Crippen molar-refractivity contribution in [2.75, 3.05) is 27.4 Å². The molecule has 34 heavy (non-hydrogen) atoms. The smallest absolute Gasteiger partial charge is 0.338 e. The van der Waals surface area contributed by atoms with E-state index in [0.29, 0.717) is 18.1 Å². The number of hydrogen-bond donors (Lipinski definition) is 3. The average Bonchev–Trinajstić information content (AvgIpc) is 2.79. The molecule has 0 saturated carbocycles. The van der Waals surface area contributed by atoms with Gasteiger partial charge in [-0.2, -0.15) is 0 Å². The summed E-state index contributed by atoms with van der Waals surface area (Å²) in [6.07, 6.45) is 0.834. The Morgan fingerprint density at radius 3 is 1.76 bits per heavy atom. The van der Waals surface area contributed by atoms with Crippen LogP contribution in [0.2, 0.25) is 0 Å². The summed E-state index contributed by atoms with van der Waals surface area (Å²) in [5, 5.41) is 27.8. The Bertz CT molecular complexity index is 951. The maximum Gasteiger partial charge on any atom is 0.338 e. The van der Waals surface area contributed by atoms with Crippen LogP contribution in [0.25, 0.3) is 0 Å². The Morgan fingerprint density at radius 2 is 1.35 bits per heavy atom. The van der Waals surface area contributed by atoms with Crippen molar-refractivity contribution in [2.45, 2.75) is 39.7 Å². The maximum absolute atomic E-state index is 11.7. The van der Waals surface area contributed by atoms with Gasteiger partial charge in [-0.3, -0.25) is 0 Å². The quantitative estimate of drug-likeness (QED) is 0.459. The van der Waals surface area contributed by atoms with Gasteiger partial charge in [0, 0.05) is 0 Å². The highest BCUT2D eigenvalue weighted by molar-refractivity contribution is 5.91. The van der Waals surface area contributed by atoms with Gasteiger partial charge in [-0.25, -0.2) is 9.59 Å². The lowest BCUT2D eigenvalue weighted by Gasteiger charge is -2.22. The molecule has 2 rings (SSSR count). The van der Waals surface area contributed by atoms with Gasteiger partial charge in [0.1, 0.15) is 5.60 Å². The second-order valence-corrected chi connectivity index (χ2v) is 8.40. The van der Waals surface area contributed by atoms with Crippen LogP contribution in [0.3, 0.4) is 0 Å². The van der Waals surface area contributed by atoms with E-state index < -0.39 is 17.5 Å². The molecule has 0 aromatic heterocycles. The van der Waals surface area contributed by atoms with Crippen LogP contribution in [0.5, 0.6) is 23.0 Å². The number of benzene rings is 2. The number of ether oxygens (including phenoxy) is 4. The monoisotopic (exact) mass is 478 g/mol. The summed E-state index contributed by atoms with van der Waals surface area (Å²) in [7, 11) is 2.82. The third-order valence-corrected chi connectivity index (χ3v) is 4.51. The topological polar surface area (TPSA) is 132 Å². The first-order chi connectivity index (χ1) is 15.9. The fraction of sp³-hybridized carbons (Fsp3) is 0.440. The molecule has 0 unspecified atom stereocenters. The Kier molecular flexibility index (Phi) is 11.2. The van der Waals surface area contributed by atoms with E-state index in [-0.39, 0.29) is 35.2 Å². The van der Waals surface area contributed by atoms with Crippen molar-refractivity contribution in [2.24, 2.45) is 5.92 Å². The van der Waals surface area contributed by atoms with Crippen LogP contribution in [0.4, 0.5) is 0 Å². The molecule has 0 heterocycles. The highest BCUT2D eigenvalue weighted by atomic mass is 16.6. The summed E-state index contributed by atoms with van der Waals surface area (Å²) >= 11 is 0. The lowest BCUT2D eigenvalue weighted by atomic mass is 10.1. The molecule has 0 aliphatic heterocycles. The van der Waals surface area contributed by atoms with Gasteiger partial charge in [0.15, 0.2) is 23.0 Å². The molecular weight excluding hydrogens is 444 g/mol. The van der Waals surface area contributed by atoms with E-state index in [9.17, 15) is 19.8 Å². The van der Waals surface area contributed by atoms with Crippen LogP contribution >= 0.6 is 0 Å². The van der Waals surface area contributed by atoms with Gasteiger partial charge in [0.25, 0.3) is 0 Å². The van der Waals surface area contributed by atoms with E-state index in [0.717, 1.165) is 6.42 Å². The number of hydrogen-bond acceptors (Lipinski definition) is 9. The van der Waals surface area contributed by atoms with Crippen molar-refractivity contribution in [1.82, 2.24) is 0 Å². The van der Waals surface area contributed by atoms with Crippen molar-refractivity contribution in [3.05, 3.63) is 47.5 Å². The summed E-state index contributed by atoms with van der Waals surface area (Å²) in [6.45, 7) is 7.47. The summed E-state index contributed by atoms with van der Waals surface area (Å²) in [5.74, 6) is -0.0651. The molecule has 3 N–H and O–H groups in total. The van der Waals surface area contributed by atoms with Crippen molar-refractivity contribution in [1.29, 1.82) is 0 Å². The SMILES string of the molecule is COc1cc(C(=O)OC(C)(C)CO)ccc1O.COc1cc(C(=O)OCCC(C)C)ccc1O. The molecule has 0 amide bonds. The molecular formula is C25H34O9. The predicted molar refractivity (Wildman–Crippen MR) is 126 cm³/mol. The van der Waals surface area contributed by atoms with Crippen molar-refractivity contribution < 1.29 is 43.9 Å². The Hall–Kier alpha value is -3.46. The fourth-order valence-electron chi connectivity index (χ4n) is 2.42. The number of aliphatic hydroxyl groups excluding tert-OH is 1. The highest BCUT2D eigenvalue weighted by Crippen LogP contribution is 2.27. The number of carbonyl (C=O) groups is 2. The third kappa shape index (κ3) is 9.19. The number of methoxy groups -OCH3 is 2. The molecule has 0 saturated heterocycles. The largest absolute Gasteiger partial charge is 0.504 e. The average molecular weight is 479 g/mol. The molecule has 2 aromatic rings. The number of esters is 2. The summed E-state index contributed by atoms with van der Waals surface area (Å²) in [6, 6.07) is 8.54. The van der Waals surface area contributed by atoms with Crippen molar-refractivity contribution in [3.8, 4) is 23.0 Å². The molecule has 0 aliphatic carbocycles. The standard InChI is InChI=1S/C13H18O4.C12H16O5/c1-9(2)6-7-17-13(15)10-4-5-11(14)12(8-10)16-3;1-12(2,7-13)17-11(15)8-4-5-9(14)10(6-8)16-3/h4-5,8-9,14H,6-7H2,1-3H3;4-6,13-14H,7H2,1-3H3. The number of aromatic hydroxyl groups is 2. The Morgan fingerprint density at radius 1 is 0.882 bits per heavy atom. The summed E-state index contributed by atoms with van der Waals surface area (Å²) in [5.41, 5.74) is -0.313. The minimum Gasteiger partial charge on any atom is -0.504 e. The third-order valence-electron chi connectivity index (χ3n) is 4.51. The second kappa shape index (κ2) is 13.3. The lowest BCUT2D eigenvalue weighted by molar-refractivity contribution is -0.0265. The fourth-order valence-corrected chi connectivity index (χ4v) is 2.42. The van der Waals surface area contributed by atoms with Gasteiger partial charge in [-0.05, 0) is 62.6 Å². The van der Waals surface area contributed by atoms with Gasteiger partial charge in [-0.1, -0.05) is 13.8 Å². The van der Waals surface area contributed by atoms with Gasteiger partial charge in [0.2, 0.25) is 0 Å². The minimum atomic E-state index is -0.942. The van der Waals surface area contributed by atoms with Crippen LogP contribution in [-0.4, -0.2) is 60.3 Å². The first-order valence-electron chi connectivity index (χ1n) is 10.7. The number of rotatable bonds is 9. The molecule has 2 aromatic carbocycles. The molecule has 9 heteroatoms. The highest BCUT2D eigenvalue weighted by Gasteiger charge is 2.23. The van der Waals surface area contributed by atoms with Crippen molar-refractivity contribution in [3.63, 3.8) is 0 Å². The molecule has 188 valence electrons. The van der Waals surface area contributed by atoms with E-state index in [1.54, 1.807) is 13.8 Å². The first-order valence-corrected chi connectivity index (χ1v) is 10.7. The van der Waals surface area contributed by atoms with Crippen molar-refractivity contribution >= 4 is 11.9 Å². The molecule has 0 fully saturated rings. The van der Waals surface area contributed by atoms with Crippen LogP contribution < -0.4 is 9.47 Å². The van der Waals surface area contributed by atoms with E-state index in [4.69, 9.17) is 24.1 Å². The summed E-state index contributed by atoms with van der Waals surface area (Å²) in [4.78, 5) is 23.4. The lowest BCUT2D eigenvalue weighted by Crippen LogP contribution is -2.32. The van der Waals surface area contributed by atoms with Crippen LogP contribution in [0.15, 0.2) is 36.4 Å². The van der Waals surface area contributed by atoms with Gasteiger partial charge >= 0.3 is 11.9 Å². The first kappa shape index (κ1) is 28.6. The Balaban J connectivity index is 0.000000340. The van der Waals surface area contributed by atoms with Gasteiger partial charge in [-0.15, -0.1) is 0 Å². The molecule has 0 atom stereocenters. The zero-order valence-corrected chi connectivity index (χ0v) is 20.5. The molecule has 0 spiro atoms. The van der Waals surface area contributed by atoms with E-state index >= 15 is 0 Å². The zero-order chi connectivity index (χ0) is 25.9. The Labute approximate surface area is 199 Å². The second-order valence-electron chi connectivity index (χ2n) is 8.40. The van der Waals surface area contributed by atoms with Gasteiger partial charge < -0.3 is 34.3 Å². The molecule has 0 radical (unpaired) electrons. The number of phenolic OH excluding ortho intramolecular Hbond substituents is 2. The summed E-state index contributed by atoms with van der Waals surface area (Å²) < 4.78 is 20.0. The molecule has 0 bridgehead atoms. The normalized spacial score (nSPS) is 10.7. The van der Waals surface area contributed by atoms with Crippen LogP contribution in [-0.2, 0) is 9.47 Å². The molecule has 9 nitrogen and oxygen atoms in total. The zero-order valence-electron chi connectivity index (χ0n) is 20.5. The van der Waals surface area contributed by atoms with E-state index in [1.807, 2.05) is 0 Å². The van der Waals surface area contributed by atoms with Crippen LogP contribution in [0.1, 0.15) is 54.8 Å². The maximum atomic E-state index is 11.7. The molecule has 0 aliphatic rings. The number of carbonyl (C=O) groups excluding carboxylic acids is 2. The number of aliphatic hydroxyl groups is 1. The predicted octanol–water partition coefficient (Wildman–Crippen LogP) is 3.93. The van der Waals surface area contributed by atoms with E-state index in [2.05, 4.69) is 13.8 Å². The van der Waals surface area contributed by atoms with E-state index in [1.165, 1.54) is 50.6 Å². The minimum absolute atomic E-state index is 0.00577. The van der Waals surface area contributed by atoms with Crippen LogP contribution in [0, 0.1) is 5.92 Å². The van der Waals surface area contributed by atoms with Gasteiger partial charge in [0.05, 0.1) is 38.6 Å².